The van der Waals surface area contributed by atoms with E-state index in [2.05, 4.69) is 15.2 Å². The van der Waals surface area contributed by atoms with Gasteiger partial charge >= 0.3 is 5.97 Å². The summed E-state index contributed by atoms with van der Waals surface area (Å²) in [7, 11) is 2.98. The van der Waals surface area contributed by atoms with Crippen LogP contribution in [0.1, 0.15) is 30.8 Å². The molecule has 0 spiro atoms. The van der Waals surface area contributed by atoms with Crippen LogP contribution in [0.3, 0.4) is 0 Å². The number of methoxy groups -OCH3 is 1. The predicted molar refractivity (Wildman–Crippen MR) is 65.9 cm³/mol. The van der Waals surface area contributed by atoms with E-state index in [1.165, 1.54) is 18.0 Å². The second-order valence-electron chi connectivity index (χ2n) is 4.52. The van der Waals surface area contributed by atoms with E-state index >= 15 is 0 Å². The minimum Gasteiger partial charge on any atom is -0.467 e. The molecule has 1 heterocycles. The fourth-order valence-corrected chi connectivity index (χ4v) is 1.66. The van der Waals surface area contributed by atoms with Crippen LogP contribution in [-0.4, -0.2) is 34.8 Å². The van der Waals surface area contributed by atoms with Gasteiger partial charge in [0.15, 0.2) is 0 Å². The highest BCUT2D eigenvalue weighted by Gasteiger charge is 2.24. The first-order valence-electron chi connectivity index (χ1n) is 5.82. The first kappa shape index (κ1) is 14.2. The summed E-state index contributed by atoms with van der Waals surface area (Å²) in [4.78, 5) is 23.5. The van der Waals surface area contributed by atoms with Gasteiger partial charge in [0.2, 0.25) is 0 Å². The van der Waals surface area contributed by atoms with Crippen LogP contribution in [0.5, 0.6) is 0 Å². The summed E-state index contributed by atoms with van der Waals surface area (Å²) in [6, 6.07) is 0.969. The molecule has 6 heteroatoms. The van der Waals surface area contributed by atoms with Gasteiger partial charge < -0.3 is 10.1 Å². The third-order valence-electron chi connectivity index (χ3n) is 2.55. The molecule has 18 heavy (non-hydrogen) atoms. The van der Waals surface area contributed by atoms with Crippen molar-refractivity contribution in [2.24, 2.45) is 13.0 Å². The van der Waals surface area contributed by atoms with Crippen molar-refractivity contribution in [1.29, 1.82) is 0 Å². The minimum atomic E-state index is -0.627. The Labute approximate surface area is 106 Å². The van der Waals surface area contributed by atoms with Crippen LogP contribution in [0.15, 0.2) is 12.3 Å². The number of hydrogen-bond donors (Lipinski definition) is 1. The predicted octanol–water partition coefficient (Wildman–Crippen LogP) is 0.738. The average Bonchev–Trinajstić information content (AvgIpc) is 2.73. The number of esters is 1. The van der Waals surface area contributed by atoms with Gasteiger partial charge in [-0.3, -0.25) is 9.48 Å². The van der Waals surface area contributed by atoms with Crippen molar-refractivity contribution in [3.63, 3.8) is 0 Å². The Hall–Kier alpha value is -1.85. The van der Waals surface area contributed by atoms with Crippen molar-refractivity contribution in [2.75, 3.05) is 7.11 Å². The Morgan fingerprint density at radius 2 is 2.17 bits per heavy atom. The average molecular weight is 253 g/mol. The Kier molecular flexibility index (Phi) is 4.88. The molecule has 0 aromatic carbocycles. The van der Waals surface area contributed by atoms with E-state index in [9.17, 15) is 9.59 Å². The molecule has 0 aliphatic rings. The number of rotatable bonds is 5. The zero-order chi connectivity index (χ0) is 13.7. The summed E-state index contributed by atoms with van der Waals surface area (Å²) >= 11 is 0. The van der Waals surface area contributed by atoms with Crippen molar-refractivity contribution in [1.82, 2.24) is 15.1 Å². The molecule has 1 aromatic heterocycles. The number of aromatic nitrogens is 2. The molecule has 0 radical (unpaired) electrons. The van der Waals surface area contributed by atoms with E-state index in [1.807, 2.05) is 13.8 Å². The molecular formula is C12H19N3O3. The number of nitrogens with zero attached hydrogens (tertiary/aromatic N) is 2. The molecule has 1 rings (SSSR count). The van der Waals surface area contributed by atoms with Gasteiger partial charge in [0.25, 0.3) is 5.91 Å². The normalized spacial score (nSPS) is 12.3. The Balaban J connectivity index is 2.74. The number of aryl methyl sites for hydroxylation is 1. The first-order chi connectivity index (χ1) is 8.45. The maximum Gasteiger partial charge on any atom is 0.328 e. The SMILES string of the molecule is COC(=O)C(CC(C)C)NC(=O)c1ccnn1C. The zero-order valence-corrected chi connectivity index (χ0v) is 11.1. The third kappa shape index (κ3) is 3.58. The molecule has 6 nitrogen and oxygen atoms in total. The fraction of sp³-hybridized carbons (Fsp3) is 0.583. The molecule has 100 valence electrons. The highest BCUT2D eigenvalue weighted by Crippen LogP contribution is 2.07. The number of nitrogens with one attached hydrogen (secondary N) is 1. The van der Waals surface area contributed by atoms with Gasteiger partial charge in [0.1, 0.15) is 11.7 Å². The Morgan fingerprint density at radius 3 is 2.61 bits per heavy atom. The van der Waals surface area contributed by atoms with Crippen molar-refractivity contribution in [2.45, 2.75) is 26.3 Å². The van der Waals surface area contributed by atoms with Gasteiger partial charge in [-0.2, -0.15) is 5.10 Å². The van der Waals surface area contributed by atoms with Crippen LogP contribution in [0.25, 0.3) is 0 Å². The zero-order valence-electron chi connectivity index (χ0n) is 11.1. The van der Waals surface area contributed by atoms with E-state index in [1.54, 1.807) is 13.1 Å². The Bertz CT molecular complexity index is 426. The van der Waals surface area contributed by atoms with Crippen LogP contribution in [0, 0.1) is 5.92 Å². The molecule has 1 amide bonds. The van der Waals surface area contributed by atoms with E-state index in [0.29, 0.717) is 12.1 Å². The summed E-state index contributed by atoms with van der Waals surface area (Å²) in [6.45, 7) is 3.96. The molecule has 0 aliphatic heterocycles. The van der Waals surface area contributed by atoms with Crippen LogP contribution in [0.4, 0.5) is 0 Å². The number of carbonyl (C=O) groups is 2. The maximum absolute atomic E-state index is 12.0. The topological polar surface area (TPSA) is 73.2 Å². The largest absolute Gasteiger partial charge is 0.467 e. The van der Waals surface area contributed by atoms with Gasteiger partial charge in [-0.05, 0) is 18.4 Å². The monoisotopic (exact) mass is 253 g/mol. The van der Waals surface area contributed by atoms with Crippen LogP contribution in [-0.2, 0) is 16.6 Å². The van der Waals surface area contributed by atoms with E-state index in [-0.39, 0.29) is 11.8 Å². The van der Waals surface area contributed by atoms with Crippen LogP contribution < -0.4 is 5.32 Å². The molecule has 0 aliphatic carbocycles. The lowest BCUT2D eigenvalue weighted by Gasteiger charge is -2.18. The lowest BCUT2D eigenvalue weighted by molar-refractivity contribution is -0.143. The van der Waals surface area contributed by atoms with Crippen molar-refractivity contribution in [3.05, 3.63) is 18.0 Å². The van der Waals surface area contributed by atoms with Crippen LogP contribution >= 0.6 is 0 Å². The summed E-state index contributed by atoms with van der Waals surface area (Å²) < 4.78 is 6.14. The molecule has 0 fully saturated rings. The number of ether oxygens (including phenoxy) is 1. The molecule has 1 N–H and O–H groups in total. The molecule has 0 saturated carbocycles. The summed E-state index contributed by atoms with van der Waals surface area (Å²) in [5.74, 6) is -0.480. The summed E-state index contributed by atoms with van der Waals surface area (Å²) in [5, 5.41) is 6.58. The number of hydrogen-bond acceptors (Lipinski definition) is 4. The number of carbonyl (C=O) groups excluding carboxylic acids is 2. The second kappa shape index (κ2) is 6.18. The van der Waals surface area contributed by atoms with Gasteiger partial charge in [0, 0.05) is 13.2 Å². The molecule has 0 saturated heterocycles. The fourth-order valence-electron chi connectivity index (χ4n) is 1.66. The highest BCUT2D eigenvalue weighted by molar-refractivity contribution is 5.95. The molecule has 1 atom stereocenters. The minimum absolute atomic E-state index is 0.279. The summed E-state index contributed by atoms with van der Waals surface area (Å²) in [5.41, 5.74) is 0.410. The van der Waals surface area contributed by atoms with Gasteiger partial charge in [-0.25, -0.2) is 4.79 Å². The van der Waals surface area contributed by atoms with E-state index < -0.39 is 12.0 Å². The lowest BCUT2D eigenvalue weighted by Crippen LogP contribution is -2.42. The van der Waals surface area contributed by atoms with Crippen molar-refractivity contribution in [3.8, 4) is 0 Å². The smallest absolute Gasteiger partial charge is 0.328 e. The van der Waals surface area contributed by atoms with E-state index in [0.717, 1.165) is 0 Å². The number of amides is 1. The standard InChI is InChI=1S/C12H19N3O3/c1-8(2)7-9(12(17)18-4)14-11(16)10-5-6-13-15(10)3/h5-6,8-9H,7H2,1-4H3,(H,14,16). The summed E-state index contributed by atoms with van der Waals surface area (Å²) in [6.07, 6.45) is 2.07. The maximum atomic E-state index is 12.0. The van der Waals surface area contributed by atoms with Gasteiger partial charge in [-0.15, -0.1) is 0 Å². The van der Waals surface area contributed by atoms with Gasteiger partial charge in [0.05, 0.1) is 7.11 Å². The first-order valence-corrected chi connectivity index (χ1v) is 5.82. The molecule has 1 aromatic rings. The Morgan fingerprint density at radius 1 is 1.50 bits per heavy atom. The third-order valence-corrected chi connectivity index (χ3v) is 2.55. The van der Waals surface area contributed by atoms with E-state index in [4.69, 9.17) is 0 Å². The van der Waals surface area contributed by atoms with Crippen molar-refractivity contribution < 1.29 is 14.3 Å². The van der Waals surface area contributed by atoms with Gasteiger partial charge in [-0.1, -0.05) is 13.8 Å². The molecule has 0 bridgehead atoms. The highest BCUT2D eigenvalue weighted by atomic mass is 16.5. The van der Waals surface area contributed by atoms with Crippen molar-refractivity contribution >= 4 is 11.9 Å². The lowest BCUT2D eigenvalue weighted by atomic mass is 10.0. The quantitative estimate of drug-likeness (QED) is 0.785. The molecular weight excluding hydrogens is 234 g/mol. The second-order valence-corrected chi connectivity index (χ2v) is 4.52. The molecule has 1 unspecified atom stereocenters. The van der Waals surface area contributed by atoms with Crippen LogP contribution in [0.2, 0.25) is 0 Å².